The molecule has 1 saturated heterocycles. The van der Waals surface area contributed by atoms with Gasteiger partial charge in [0.1, 0.15) is 5.54 Å². The number of hydrogen-bond acceptors (Lipinski definition) is 8. The van der Waals surface area contributed by atoms with E-state index in [1.807, 2.05) is 70.2 Å². The highest BCUT2D eigenvalue weighted by atomic mass is 16.7. The molecule has 1 aliphatic heterocycles. The summed E-state index contributed by atoms with van der Waals surface area (Å²) in [5.74, 6) is 1.24. The number of nitrogens with zero attached hydrogens (tertiary/aromatic N) is 2. The summed E-state index contributed by atoms with van der Waals surface area (Å²) in [6.07, 6.45) is 0. The highest BCUT2D eigenvalue weighted by Crippen LogP contribution is 2.35. The molecular weight excluding hydrogens is 488 g/mol. The summed E-state index contributed by atoms with van der Waals surface area (Å²) < 4.78 is 28.8. The fraction of sp³-hybridized carbons (Fsp3) is 0.393. The molecule has 5 rings (SSSR count). The van der Waals surface area contributed by atoms with Gasteiger partial charge in [-0.1, -0.05) is 5.16 Å². The van der Waals surface area contributed by atoms with Crippen LogP contribution in [0, 0.1) is 0 Å². The van der Waals surface area contributed by atoms with E-state index >= 15 is 0 Å². The maximum atomic E-state index is 12.1. The fourth-order valence-corrected chi connectivity index (χ4v) is 4.48. The first-order valence-electron chi connectivity index (χ1n) is 12.7. The van der Waals surface area contributed by atoms with Gasteiger partial charge in [0.25, 0.3) is 5.89 Å². The van der Waals surface area contributed by atoms with E-state index < -0.39 is 11.3 Å². The Hall–Kier alpha value is -3.89. The van der Waals surface area contributed by atoms with Crippen molar-refractivity contribution in [2.75, 3.05) is 26.4 Å². The van der Waals surface area contributed by atoms with Crippen LogP contribution in [0.15, 0.2) is 47.0 Å². The van der Waals surface area contributed by atoms with Crippen LogP contribution >= 0.6 is 0 Å². The number of hydrogen-bond donors (Lipinski definition) is 2. The number of aromatic nitrogens is 3. The van der Waals surface area contributed by atoms with E-state index in [0.717, 1.165) is 27.7 Å². The molecule has 0 radical (unpaired) electrons. The quantitative estimate of drug-likeness (QED) is 0.340. The van der Waals surface area contributed by atoms with E-state index in [1.165, 1.54) is 6.92 Å². The number of ether oxygens (including phenoxy) is 4. The number of amides is 1. The van der Waals surface area contributed by atoms with Gasteiger partial charge in [0.2, 0.25) is 11.7 Å². The van der Waals surface area contributed by atoms with Gasteiger partial charge in [0, 0.05) is 34.6 Å². The summed E-state index contributed by atoms with van der Waals surface area (Å²) in [4.78, 5) is 20.1. The summed E-state index contributed by atoms with van der Waals surface area (Å²) in [5.41, 5.74) is 2.39. The highest BCUT2D eigenvalue weighted by molar-refractivity contribution is 5.85. The zero-order valence-electron chi connectivity index (χ0n) is 22.2. The molecule has 0 atom stereocenters. The average Bonchev–Trinajstić information content (AvgIpc) is 3.54. The Bertz CT molecular complexity index is 1450. The van der Waals surface area contributed by atoms with Crippen LogP contribution in [0.3, 0.4) is 0 Å². The monoisotopic (exact) mass is 520 g/mol. The first-order chi connectivity index (χ1) is 18.2. The lowest BCUT2D eigenvalue weighted by Gasteiger charge is -2.43. The van der Waals surface area contributed by atoms with E-state index in [1.54, 1.807) is 0 Å². The predicted octanol–water partition coefficient (Wildman–Crippen LogP) is 4.80. The summed E-state index contributed by atoms with van der Waals surface area (Å²) in [7, 11) is 0. The van der Waals surface area contributed by atoms with Crippen LogP contribution < -0.4 is 14.8 Å². The number of aromatic amines is 1. The number of H-pyrrole nitrogens is 1. The molecular formula is C28H32N4O6. The minimum absolute atomic E-state index is 0.169. The van der Waals surface area contributed by atoms with Gasteiger partial charge in [-0.3, -0.25) is 4.79 Å². The summed E-state index contributed by atoms with van der Waals surface area (Å²) in [5, 5.41) is 8.16. The lowest BCUT2D eigenvalue weighted by atomic mass is 9.95. The van der Waals surface area contributed by atoms with E-state index in [2.05, 4.69) is 20.4 Å². The van der Waals surface area contributed by atoms with E-state index in [0.29, 0.717) is 36.4 Å². The largest absolute Gasteiger partial charge is 0.490 e. The van der Waals surface area contributed by atoms with Gasteiger partial charge in [-0.05, 0) is 70.2 Å². The van der Waals surface area contributed by atoms with Crippen LogP contribution in [0.1, 0.15) is 40.3 Å². The third kappa shape index (κ3) is 5.09. The minimum Gasteiger partial charge on any atom is -0.490 e. The topological polar surface area (TPSA) is 121 Å². The fourth-order valence-electron chi connectivity index (χ4n) is 4.48. The standard InChI is InChI=1S/C28H32N4O6/c1-6-34-22-11-9-19(13-23(22)35-7-2)26-30-25(32-38-26)18-8-10-21-20(12-18)14-24(29-21)28(31-17(3)33)15-36-27(4,5)37-16-28/h8-14,29H,6-7,15-16H2,1-5H3,(H,31,33). The zero-order chi connectivity index (χ0) is 26.9. The normalized spacial score (nSPS) is 16.3. The Labute approximate surface area is 220 Å². The molecule has 4 aromatic rings. The van der Waals surface area contributed by atoms with E-state index in [-0.39, 0.29) is 19.1 Å². The van der Waals surface area contributed by atoms with Crippen LogP contribution in [0.5, 0.6) is 11.5 Å². The molecule has 2 N–H and O–H groups in total. The van der Waals surface area contributed by atoms with Crippen molar-refractivity contribution in [3.8, 4) is 34.3 Å². The Kier molecular flexibility index (Phi) is 6.85. The Morgan fingerprint density at radius 3 is 2.42 bits per heavy atom. The molecule has 2 aromatic carbocycles. The van der Waals surface area contributed by atoms with Gasteiger partial charge in [-0.2, -0.15) is 4.98 Å². The molecule has 0 unspecified atom stereocenters. The smallest absolute Gasteiger partial charge is 0.258 e. The maximum absolute atomic E-state index is 12.1. The van der Waals surface area contributed by atoms with Crippen LogP contribution in [-0.2, 0) is 19.8 Å². The van der Waals surface area contributed by atoms with Gasteiger partial charge >= 0.3 is 0 Å². The van der Waals surface area contributed by atoms with Crippen molar-refractivity contribution < 1.29 is 28.3 Å². The van der Waals surface area contributed by atoms with Crippen LogP contribution in [-0.4, -0.2) is 53.2 Å². The van der Waals surface area contributed by atoms with Gasteiger partial charge in [0.15, 0.2) is 17.3 Å². The maximum Gasteiger partial charge on any atom is 0.258 e. The number of nitrogens with one attached hydrogen (secondary N) is 2. The van der Waals surface area contributed by atoms with Crippen molar-refractivity contribution in [1.82, 2.24) is 20.4 Å². The lowest BCUT2D eigenvalue weighted by molar-refractivity contribution is -0.273. The number of rotatable bonds is 8. The molecule has 10 heteroatoms. The molecule has 3 heterocycles. The third-order valence-corrected chi connectivity index (χ3v) is 6.36. The molecule has 2 aromatic heterocycles. The van der Waals surface area contributed by atoms with Crippen molar-refractivity contribution >= 4 is 16.8 Å². The Morgan fingerprint density at radius 1 is 1.00 bits per heavy atom. The molecule has 0 bridgehead atoms. The van der Waals surface area contributed by atoms with Gasteiger partial charge < -0.3 is 33.8 Å². The van der Waals surface area contributed by atoms with Gasteiger partial charge in [0.05, 0.1) is 26.4 Å². The molecule has 0 aliphatic carbocycles. The zero-order valence-corrected chi connectivity index (χ0v) is 22.2. The van der Waals surface area contributed by atoms with Crippen LogP contribution in [0.2, 0.25) is 0 Å². The summed E-state index contributed by atoms with van der Waals surface area (Å²) >= 11 is 0. The number of carbonyl (C=O) groups is 1. The average molecular weight is 521 g/mol. The summed E-state index contributed by atoms with van der Waals surface area (Å²) in [6.45, 7) is 10.6. The molecule has 1 fully saturated rings. The molecule has 0 spiro atoms. The van der Waals surface area contributed by atoms with Crippen LogP contribution in [0.25, 0.3) is 33.7 Å². The van der Waals surface area contributed by atoms with Crippen LogP contribution in [0.4, 0.5) is 0 Å². The second-order valence-electron chi connectivity index (χ2n) is 9.68. The summed E-state index contributed by atoms with van der Waals surface area (Å²) in [6, 6.07) is 13.4. The van der Waals surface area contributed by atoms with Crippen molar-refractivity contribution in [2.45, 2.75) is 45.9 Å². The third-order valence-electron chi connectivity index (χ3n) is 6.36. The van der Waals surface area contributed by atoms with Crippen molar-refractivity contribution in [3.63, 3.8) is 0 Å². The van der Waals surface area contributed by atoms with Crippen molar-refractivity contribution in [1.29, 1.82) is 0 Å². The van der Waals surface area contributed by atoms with E-state index in [4.69, 9.17) is 23.5 Å². The minimum atomic E-state index is -0.828. The Balaban J connectivity index is 1.44. The number of carbonyl (C=O) groups excluding carboxylic acids is 1. The predicted molar refractivity (Wildman–Crippen MR) is 141 cm³/mol. The van der Waals surface area contributed by atoms with E-state index in [9.17, 15) is 4.79 Å². The molecule has 38 heavy (non-hydrogen) atoms. The van der Waals surface area contributed by atoms with Crippen molar-refractivity contribution in [2.24, 2.45) is 0 Å². The first kappa shape index (κ1) is 25.7. The molecule has 200 valence electrons. The Morgan fingerprint density at radius 2 is 1.71 bits per heavy atom. The first-order valence-corrected chi connectivity index (χ1v) is 12.7. The number of fused-ring (bicyclic) bond motifs is 1. The van der Waals surface area contributed by atoms with Gasteiger partial charge in [-0.15, -0.1) is 0 Å². The number of benzene rings is 2. The van der Waals surface area contributed by atoms with Gasteiger partial charge in [-0.25, -0.2) is 0 Å². The molecule has 0 saturated carbocycles. The van der Waals surface area contributed by atoms with Crippen molar-refractivity contribution in [3.05, 3.63) is 48.2 Å². The second-order valence-corrected chi connectivity index (χ2v) is 9.68. The SMILES string of the molecule is CCOc1ccc(-c2nc(-c3ccc4[nH]c(C5(NC(C)=O)COC(C)(C)OC5)cc4c3)no2)cc1OCC. The lowest BCUT2D eigenvalue weighted by Crippen LogP contribution is -2.58. The molecule has 1 aliphatic rings. The molecule has 1 amide bonds. The highest BCUT2D eigenvalue weighted by Gasteiger charge is 2.43. The second kappa shape index (κ2) is 10.1. The molecule has 10 nitrogen and oxygen atoms in total.